The van der Waals surface area contributed by atoms with Gasteiger partial charge in [-0.1, -0.05) is 0 Å². The molecule has 3 fully saturated rings. The number of benzene rings is 1. The number of carbonyl (C=O) groups is 2. The molecule has 3 aliphatic rings. The van der Waals surface area contributed by atoms with E-state index in [9.17, 15) is 9.59 Å². The first-order chi connectivity index (χ1) is 13.4. The quantitative estimate of drug-likeness (QED) is 0.488. The van der Waals surface area contributed by atoms with Crippen molar-refractivity contribution in [1.82, 2.24) is 0 Å². The molecule has 2 aliphatic carbocycles. The van der Waals surface area contributed by atoms with Gasteiger partial charge in [0.2, 0.25) is 0 Å². The van der Waals surface area contributed by atoms with Crippen LogP contribution in [0.3, 0.4) is 0 Å². The second-order valence-corrected chi connectivity index (χ2v) is 18.0. The van der Waals surface area contributed by atoms with Crippen LogP contribution in [0.5, 0.6) is 0 Å². The molecular weight excluding hydrogens is 447 g/mol. The summed E-state index contributed by atoms with van der Waals surface area (Å²) in [5.41, 5.74) is -0.714. The molecule has 6 atom stereocenters. The van der Waals surface area contributed by atoms with Crippen LogP contribution < -0.4 is 4.46 Å². The number of hydrogen-bond donors (Lipinski definition) is 0. The third kappa shape index (κ3) is 3.56. The Morgan fingerprint density at radius 3 is 2.45 bits per heavy atom. The van der Waals surface area contributed by atoms with Crippen molar-refractivity contribution in [1.29, 1.82) is 0 Å². The minimum absolute atomic E-state index is 0.0225. The maximum absolute atomic E-state index is 13.6. The van der Waals surface area contributed by atoms with E-state index in [2.05, 4.69) is 46.0 Å². The predicted octanol–water partition coefficient (Wildman–Crippen LogP) is 3.74. The number of ether oxygens (including phenoxy) is 1. The first-order valence-corrected chi connectivity index (χ1v) is 15.3. The predicted molar refractivity (Wildman–Crippen MR) is 117 cm³/mol. The Kier molecular flexibility index (Phi) is 5.17. The monoisotopic (exact) mass is 480 g/mol. The number of Topliss-reactive ketones (excluding diaryl/α,β-unsaturated/α-hetero) is 1. The zero-order valence-corrected chi connectivity index (χ0v) is 20.9. The van der Waals surface area contributed by atoms with Crippen LogP contribution in [-0.2, 0) is 18.8 Å². The number of rotatable bonds is 4. The summed E-state index contributed by atoms with van der Waals surface area (Å²) in [6.07, 6.45) is 1.20. The van der Waals surface area contributed by atoms with Crippen molar-refractivity contribution in [3.63, 3.8) is 0 Å². The van der Waals surface area contributed by atoms with Gasteiger partial charge in [0.15, 0.2) is 0 Å². The van der Waals surface area contributed by atoms with Crippen molar-refractivity contribution < 1.29 is 18.8 Å². The fourth-order valence-corrected chi connectivity index (χ4v) is 8.97. The van der Waals surface area contributed by atoms with E-state index in [1.165, 1.54) is 4.46 Å². The summed E-state index contributed by atoms with van der Waals surface area (Å²) < 4.78 is 13.9. The van der Waals surface area contributed by atoms with Crippen LogP contribution in [-0.4, -0.2) is 46.7 Å². The zero-order chi connectivity index (χ0) is 21.2. The number of carbonyl (C=O) groups excluding carboxylic acids is 2. The molecule has 1 saturated heterocycles. The second kappa shape index (κ2) is 7.05. The molecule has 1 heterocycles. The van der Waals surface area contributed by atoms with Crippen molar-refractivity contribution >= 4 is 39.5 Å². The number of esters is 1. The van der Waals surface area contributed by atoms with Crippen molar-refractivity contribution in [3.8, 4) is 0 Å². The van der Waals surface area contributed by atoms with Crippen LogP contribution in [0.15, 0.2) is 30.3 Å². The summed E-state index contributed by atoms with van der Waals surface area (Å²) in [7, 11) is -2.01. The minimum atomic E-state index is -2.01. The first kappa shape index (κ1) is 21.3. The molecular formula is C23H32O4SeSi. The Morgan fingerprint density at radius 2 is 1.83 bits per heavy atom. The average molecular weight is 480 g/mol. The standard InChI is InChI=1S/C23H32O4SeSi/c1-22(2,3)29(5,6)27-16-13-23(4)19-18(16)15(21(25)26-23)12-17(20(19)24)28-14-10-8-7-9-11-14/h7-11,15-19H,12-13H2,1-6H3/t15-,16+,17-,18+,19-,23-/m0/s1. The molecule has 0 amide bonds. The zero-order valence-electron chi connectivity index (χ0n) is 18.2. The molecule has 4 nitrogen and oxygen atoms in total. The fraction of sp³-hybridized carbons (Fsp3) is 0.652. The maximum atomic E-state index is 13.6. The molecule has 0 N–H and O–H groups in total. The summed E-state index contributed by atoms with van der Waals surface area (Å²) in [6, 6.07) is 10.2. The van der Waals surface area contributed by atoms with E-state index in [0.29, 0.717) is 18.6 Å². The van der Waals surface area contributed by atoms with Gasteiger partial charge >= 0.3 is 182 Å². The van der Waals surface area contributed by atoms with Gasteiger partial charge in [-0.15, -0.1) is 0 Å². The molecule has 0 spiro atoms. The van der Waals surface area contributed by atoms with Crippen LogP contribution in [0.1, 0.15) is 40.5 Å². The molecule has 158 valence electrons. The molecule has 1 aromatic carbocycles. The van der Waals surface area contributed by atoms with E-state index in [1.54, 1.807) is 0 Å². The van der Waals surface area contributed by atoms with Crippen molar-refractivity contribution in [3.05, 3.63) is 30.3 Å². The van der Waals surface area contributed by atoms with Crippen LogP contribution in [0.25, 0.3) is 0 Å². The van der Waals surface area contributed by atoms with E-state index in [4.69, 9.17) is 9.16 Å². The van der Waals surface area contributed by atoms with E-state index < -0.39 is 13.9 Å². The molecule has 1 aromatic rings. The Balaban J connectivity index is 1.63. The Labute approximate surface area is 181 Å². The van der Waals surface area contributed by atoms with Crippen molar-refractivity contribution in [2.45, 2.75) is 75.2 Å². The van der Waals surface area contributed by atoms with E-state index in [1.807, 2.05) is 25.1 Å². The summed E-state index contributed by atoms with van der Waals surface area (Å²) in [5, 5.41) is 0.0908. The molecule has 0 radical (unpaired) electrons. The van der Waals surface area contributed by atoms with E-state index in [0.717, 1.165) is 0 Å². The van der Waals surface area contributed by atoms with Gasteiger partial charge in [-0.2, -0.15) is 0 Å². The second-order valence-electron chi connectivity index (χ2n) is 10.6. The fourth-order valence-electron chi connectivity index (χ4n) is 5.08. The SMILES string of the molecule is CC(C)(C)[Si](C)(C)O[C@@H]1C[C@]2(C)OC(=O)[C@H]3C[C@H]([Se]c4ccccc4)C(=O)[C@@H]2[C@H]31. The molecule has 4 rings (SSSR count). The Hall–Kier alpha value is -0.944. The van der Waals surface area contributed by atoms with Crippen LogP contribution in [0, 0.1) is 17.8 Å². The van der Waals surface area contributed by atoms with E-state index in [-0.39, 0.29) is 54.6 Å². The van der Waals surface area contributed by atoms with Crippen LogP contribution in [0.2, 0.25) is 22.9 Å². The van der Waals surface area contributed by atoms with Gasteiger partial charge in [0.05, 0.1) is 0 Å². The molecule has 1 aliphatic heterocycles. The summed E-state index contributed by atoms with van der Waals surface area (Å²) in [6.45, 7) is 13.2. The van der Waals surface area contributed by atoms with Gasteiger partial charge in [-0.3, -0.25) is 0 Å². The number of hydrogen-bond acceptors (Lipinski definition) is 4. The molecule has 2 saturated carbocycles. The van der Waals surface area contributed by atoms with Gasteiger partial charge in [-0.25, -0.2) is 0 Å². The molecule has 6 heteroatoms. The van der Waals surface area contributed by atoms with Crippen LogP contribution >= 0.6 is 0 Å². The van der Waals surface area contributed by atoms with Gasteiger partial charge in [-0.05, 0) is 0 Å². The normalized spacial score (nSPS) is 36.8. The summed E-state index contributed by atoms with van der Waals surface area (Å²) >= 11 is 0.0401. The Bertz CT molecular complexity index is 818. The van der Waals surface area contributed by atoms with Gasteiger partial charge in [0.25, 0.3) is 0 Å². The van der Waals surface area contributed by atoms with Gasteiger partial charge < -0.3 is 0 Å². The first-order valence-electron chi connectivity index (χ1n) is 10.6. The van der Waals surface area contributed by atoms with Crippen molar-refractivity contribution in [2.24, 2.45) is 17.8 Å². The Morgan fingerprint density at radius 1 is 1.17 bits per heavy atom. The van der Waals surface area contributed by atoms with Crippen molar-refractivity contribution in [2.75, 3.05) is 0 Å². The topological polar surface area (TPSA) is 52.6 Å². The summed E-state index contributed by atoms with van der Waals surface area (Å²) in [4.78, 5) is 26.5. The molecule has 4 bridgehead atoms. The number of ketones is 1. The molecule has 0 unspecified atom stereocenters. The third-order valence-corrected chi connectivity index (χ3v) is 14.7. The molecule has 29 heavy (non-hydrogen) atoms. The molecule has 0 aromatic heterocycles. The third-order valence-electron chi connectivity index (χ3n) is 7.55. The van der Waals surface area contributed by atoms with Gasteiger partial charge in [0, 0.05) is 0 Å². The van der Waals surface area contributed by atoms with Gasteiger partial charge in [0.1, 0.15) is 0 Å². The average Bonchev–Trinajstić information content (AvgIpc) is 2.83. The summed E-state index contributed by atoms with van der Waals surface area (Å²) in [5.74, 6) is -0.267. The van der Waals surface area contributed by atoms with E-state index >= 15 is 0 Å². The van der Waals surface area contributed by atoms with Crippen LogP contribution in [0.4, 0.5) is 0 Å².